The molecule has 2 aromatic carbocycles. The summed E-state index contributed by atoms with van der Waals surface area (Å²) in [4.78, 5) is 14.7. The highest BCUT2D eigenvalue weighted by molar-refractivity contribution is 7.85. The molecule has 0 aliphatic carbocycles. The Kier molecular flexibility index (Phi) is 8.57. The van der Waals surface area contributed by atoms with Gasteiger partial charge in [0, 0.05) is 18.5 Å². The van der Waals surface area contributed by atoms with Crippen molar-refractivity contribution < 1.29 is 43.7 Å². The third kappa shape index (κ3) is 7.49. The summed E-state index contributed by atoms with van der Waals surface area (Å²) in [5, 5.41) is 0. The molecular weight excluding hydrogens is 536 g/mol. The highest BCUT2D eigenvalue weighted by Crippen LogP contribution is 2.40. The molecule has 38 heavy (non-hydrogen) atoms. The average molecular weight is 566 g/mol. The first kappa shape index (κ1) is 29.9. The third-order valence-electron chi connectivity index (χ3n) is 6.77. The molecule has 0 radical (unpaired) electrons. The van der Waals surface area contributed by atoms with E-state index in [2.05, 4.69) is 0 Å². The van der Waals surface area contributed by atoms with Crippen LogP contribution in [0.4, 0.5) is 26.3 Å². The summed E-state index contributed by atoms with van der Waals surface area (Å²) in [5.41, 5.74) is -1.29. The monoisotopic (exact) mass is 565 g/mol. The largest absolute Gasteiger partial charge is 0.416 e. The molecule has 1 fully saturated rings. The molecule has 0 unspecified atom stereocenters. The number of rotatable bonds is 7. The molecule has 0 bridgehead atoms. The number of carbonyl (C=O) groups is 1. The van der Waals surface area contributed by atoms with Crippen molar-refractivity contribution in [3.8, 4) is 0 Å². The van der Waals surface area contributed by atoms with Gasteiger partial charge in [-0.25, -0.2) is 0 Å². The van der Waals surface area contributed by atoms with Crippen LogP contribution in [0.3, 0.4) is 0 Å². The van der Waals surface area contributed by atoms with E-state index in [0.29, 0.717) is 25.0 Å². The lowest BCUT2D eigenvalue weighted by Gasteiger charge is -2.44. The molecule has 0 saturated carbocycles. The molecule has 1 saturated heterocycles. The van der Waals surface area contributed by atoms with Gasteiger partial charge < -0.3 is 4.90 Å². The predicted octanol–water partition coefficient (Wildman–Crippen LogP) is 5.81. The molecule has 1 aliphatic heterocycles. The van der Waals surface area contributed by atoms with Crippen LogP contribution < -0.4 is 0 Å². The lowest BCUT2D eigenvalue weighted by molar-refractivity contribution is -0.143. The first-order valence-electron chi connectivity index (χ1n) is 11.9. The van der Waals surface area contributed by atoms with Crippen LogP contribution >= 0.6 is 0 Å². The van der Waals surface area contributed by atoms with Gasteiger partial charge >= 0.3 is 12.4 Å². The fourth-order valence-corrected chi connectivity index (χ4v) is 5.39. The quantitative estimate of drug-likeness (QED) is 0.314. The van der Waals surface area contributed by atoms with Crippen LogP contribution in [0.25, 0.3) is 0 Å². The second-order valence-corrected chi connectivity index (χ2v) is 11.5. The number of hydrogen-bond acceptors (Lipinski definition) is 4. The molecule has 2 aromatic rings. The fourth-order valence-electron chi connectivity index (χ4n) is 5.01. The van der Waals surface area contributed by atoms with Crippen molar-refractivity contribution in [3.63, 3.8) is 0 Å². The highest BCUT2D eigenvalue weighted by atomic mass is 32.2. The molecule has 0 N–H and O–H groups in total. The van der Waals surface area contributed by atoms with E-state index in [0.717, 1.165) is 22.9 Å². The Bertz CT molecular complexity index is 1260. The number of hydrogen-bond donors (Lipinski definition) is 0. The number of likely N-dealkylation sites (tertiary alicyclic amines) is 1. The number of nitrogens with zero attached hydrogens (tertiary/aromatic N) is 1. The predicted molar refractivity (Wildman–Crippen MR) is 129 cm³/mol. The van der Waals surface area contributed by atoms with Gasteiger partial charge in [0.1, 0.15) is 0 Å². The summed E-state index contributed by atoms with van der Waals surface area (Å²) in [5.74, 6) is -0.615. The lowest BCUT2D eigenvalue weighted by Crippen LogP contribution is -2.50. The Labute approximate surface area is 217 Å². The van der Waals surface area contributed by atoms with Crippen molar-refractivity contribution >= 4 is 16.0 Å². The lowest BCUT2D eigenvalue weighted by atomic mass is 9.70. The van der Waals surface area contributed by atoms with Gasteiger partial charge in [0.25, 0.3) is 10.1 Å². The van der Waals surface area contributed by atoms with Crippen molar-refractivity contribution in [1.82, 2.24) is 4.90 Å². The Morgan fingerprint density at radius 2 is 1.61 bits per heavy atom. The first-order chi connectivity index (χ1) is 17.4. The number of benzene rings is 2. The maximum Gasteiger partial charge on any atom is 0.416 e. The molecule has 1 atom stereocenters. The van der Waals surface area contributed by atoms with Crippen LogP contribution in [0, 0.1) is 13.8 Å². The zero-order valence-electron chi connectivity index (χ0n) is 21.2. The maximum atomic E-state index is 13.3. The van der Waals surface area contributed by atoms with Gasteiger partial charge in [-0.3, -0.25) is 8.98 Å². The minimum absolute atomic E-state index is 0.0300. The van der Waals surface area contributed by atoms with Crippen LogP contribution in [0.1, 0.15) is 52.6 Å². The van der Waals surface area contributed by atoms with Crippen LogP contribution in [-0.4, -0.2) is 45.2 Å². The van der Waals surface area contributed by atoms with Gasteiger partial charge in [-0.2, -0.15) is 34.8 Å². The normalized spacial score (nSPS) is 19.0. The van der Waals surface area contributed by atoms with E-state index in [4.69, 9.17) is 4.18 Å². The Morgan fingerprint density at radius 3 is 2.16 bits per heavy atom. The van der Waals surface area contributed by atoms with Gasteiger partial charge in [-0.05, 0) is 68.0 Å². The standard InChI is InChI=1S/C26H29F6NO4S/c1-17-5-6-18(2)22(11-17)24(8-10-37-38(3,35)36)7-4-9-33(16-24)23(34)14-19-12-20(25(27,28)29)15-21(13-19)26(30,31)32/h5-6,11-13,15H,4,7-10,14,16H2,1-3H3/t24-/m1/s1. The van der Waals surface area contributed by atoms with E-state index in [1.807, 2.05) is 32.0 Å². The van der Waals surface area contributed by atoms with Gasteiger partial charge in [0.15, 0.2) is 0 Å². The molecule has 5 nitrogen and oxygen atoms in total. The Hall–Kier alpha value is -2.60. The summed E-state index contributed by atoms with van der Waals surface area (Å²) < 4.78 is 108. The smallest absolute Gasteiger partial charge is 0.342 e. The van der Waals surface area contributed by atoms with Crippen LogP contribution in [0.5, 0.6) is 0 Å². The van der Waals surface area contributed by atoms with Crippen molar-refractivity contribution in [3.05, 3.63) is 69.8 Å². The van der Waals surface area contributed by atoms with Crippen LogP contribution in [0.2, 0.25) is 0 Å². The fraction of sp³-hybridized carbons (Fsp3) is 0.500. The first-order valence-corrected chi connectivity index (χ1v) is 13.7. The summed E-state index contributed by atoms with van der Waals surface area (Å²) in [6, 6.07) is 6.93. The average Bonchev–Trinajstić information content (AvgIpc) is 2.78. The van der Waals surface area contributed by atoms with Crippen LogP contribution in [0.15, 0.2) is 36.4 Å². The molecule has 3 rings (SSSR count). The number of amides is 1. The minimum Gasteiger partial charge on any atom is -0.342 e. The zero-order valence-corrected chi connectivity index (χ0v) is 22.0. The van der Waals surface area contributed by atoms with Gasteiger partial charge in [-0.15, -0.1) is 0 Å². The van der Waals surface area contributed by atoms with E-state index in [9.17, 15) is 39.6 Å². The van der Waals surface area contributed by atoms with E-state index in [-0.39, 0.29) is 37.7 Å². The number of alkyl halides is 6. The summed E-state index contributed by atoms with van der Waals surface area (Å²) in [6.07, 6.45) is -8.39. The summed E-state index contributed by atoms with van der Waals surface area (Å²) in [7, 11) is -3.72. The molecule has 0 spiro atoms. The molecule has 12 heteroatoms. The summed E-state index contributed by atoms with van der Waals surface area (Å²) in [6.45, 7) is 4.02. The molecule has 1 aliphatic rings. The second kappa shape index (κ2) is 10.9. The number of carbonyl (C=O) groups excluding carboxylic acids is 1. The third-order valence-corrected chi connectivity index (χ3v) is 7.37. The van der Waals surface area contributed by atoms with Crippen LogP contribution in [-0.2, 0) is 43.3 Å². The van der Waals surface area contributed by atoms with E-state index in [1.54, 1.807) is 0 Å². The van der Waals surface area contributed by atoms with E-state index in [1.165, 1.54) is 4.90 Å². The Balaban J connectivity index is 1.93. The van der Waals surface area contributed by atoms with Gasteiger partial charge in [0.2, 0.25) is 5.91 Å². The second-order valence-electron chi connectivity index (χ2n) is 9.88. The topological polar surface area (TPSA) is 63.7 Å². The zero-order chi connectivity index (χ0) is 28.5. The molecule has 1 amide bonds. The van der Waals surface area contributed by atoms with Crippen molar-refractivity contribution in [2.24, 2.45) is 0 Å². The van der Waals surface area contributed by atoms with Crippen molar-refractivity contribution in [2.75, 3.05) is 26.0 Å². The van der Waals surface area contributed by atoms with Crippen molar-refractivity contribution in [1.29, 1.82) is 0 Å². The maximum absolute atomic E-state index is 13.3. The molecule has 210 valence electrons. The summed E-state index contributed by atoms with van der Waals surface area (Å²) >= 11 is 0. The molecule has 1 heterocycles. The van der Waals surface area contributed by atoms with E-state index < -0.39 is 51.3 Å². The SMILES string of the molecule is Cc1ccc(C)c([C@@]2(CCOS(C)(=O)=O)CCCN(C(=O)Cc3cc(C(F)(F)F)cc(C(F)(F)F)c3)C2)c1. The Morgan fingerprint density at radius 1 is 1.00 bits per heavy atom. The van der Waals surface area contributed by atoms with Gasteiger partial charge in [0.05, 0.1) is 30.4 Å². The number of aryl methyl sites for hydroxylation is 2. The molecule has 0 aromatic heterocycles. The molecular formula is C26H29F6NO4S. The van der Waals surface area contributed by atoms with Gasteiger partial charge in [-0.1, -0.05) is 23.8 Å². The highest BCUT2D eigenvalue weighted by Gasteiger charge is 2.41. The number of piperidine rings is 1. The van der Waals surface area contributed by atoms with Crippen molar-refractivity contribution in [2.45, 2.75) is 57.3 Å². The minimum atomic E-state index is -5.01. The van der Waals surface area contributed by atoms with E-state index >= 15 is 0 Å². The number of halogens is 6.